The number of thiazole rings is 1. The zero-order chi connectivity index (χ0) is 17.3. The number of alkyl halides is 3. The number of guanidine groups is 1. The van der Waals surface area contributed by atoms with E-state index in [1.54, 1.807) is 7.05 Å². The average molecular weight is 479 g/mol. The SMILES string of the molecule is CCCCN(C)CCNC(=NC)NCc1nc(C(F)(F)F)cs1.I. The predicted molar refractivity (Wildman–Crippen MR) is 103 cm³/mol. The number of halogens is 4. The number of rotatable bonds is 8. The molecule has 1 rings (SSSR count). The highest BCUT2D eigenvalue weighted by Crippen LogP contribution is 2.29. The van der Waals surface area contributed by atoms with Crippen molar-refractivity contribution < 1.29 is 13.2 Å². The van der Waals surface area contributed by atoms with E-state index in [2.05, 4.69) is 39.5 Å². The molecule has 24 heavy (non-hydrogen) atoms. The fraction of sp³-hybridized carbons (Fsp3) is 0.714. The third kappa shape index (κ3) is 9.02. The molecule has 0 saturated carbocycles. The van der Waals surface area contributed by atoms with E-state index in [1.807, 2.05) is 0 Å². The molecule has 0 saturated heterocycles. The summed E-state index contributed by atoms with van der Waals surface area (Å²) in [5.74, 6) is 0.553. The fourth-order valence-electron chi connectivity index (χ4n) is 1.81. The van der Waals surface area contributed by atoms with Gasteiger partial charge in [0.25, 0.3) is 0 Å². The summed E-state index contributed by atoms with van der Waals surface area (Å²) in [5.41, 5.74) is -0.847. The Hall–Kier alpha value is -0.620. The van der Waals surface area contributed by atoms with E-state index in [1.165, 1.54) is 0 Å². The normalized spacial score (nSPS) is 12.2. The Balaban J connectivity index is 0.00000529. The number of hydrogen-bond acceptors (Lipinski definition) is 4. The standard InChI is InChI=1S/C14H24F3N5S.HI/c1-4-5-7-22(3)8-6-19-13(18-2)20-9-12-21-11(10-23-12)14(15,16)17;/h10H,4-9H2,1-3H3,(H2,18,19,20);1H. The number of aromatic nitrogens is 1. The summed E-state index contributed by atoms with van der Waals surface area (Å²) < 4.78 is 37.4. The fourth-order valence-corrected chi connectivity index (χ4v) is 2.55. The van der Waals surface area contributed by atoms with E-state index in [0.29, 0.717) is 17.5 Å². The van der Waals surface area contributed by atoms with Crippen LogP contribution in [0.25, 0.3) is 0 Å². The van der Waals surface area contributed by atoms with Gasteiger partial charge in [0, 0.05) is 25.5 Å². The van der Waals surface area contributed by atoms with Gasteiger partial charge >= 0.3 is 6.18 Å². The van der Waals surface area contributed by atoms with Crippen LogP contribution >= 0.6 is 35.3 Å². The van der Waals surface area contributed by atoms with E-state index in [-0.39, 0.29) is 30.5 Å². The van der Waals surface area contributed by atoms with E-state index >= 15 is 0 Å². The molecule has 0 aliphatic rings. The van der Waals surface area contributed by atoms with Crippen molar-refractivity contribution in [3.8, 4) is 0 Å². The minimum Gasteiger partial charge on any atom is -0.355 e. The Labute approximate surface area is 162 Å². The average Bonchev–Trinajstić information content (AvgIpc) is 2.97. The van der Waals surface area contributed by atoms with Crippen LogP contribution in [0.5, 0.6) is 0 Å². The van der Waals surface area contributed by atoms with Gasteiger partial charge in [-0.05, 0) is 20.0 Å². The molecule has 0 unspecified atom stereocenters. The summed E-state index contributed by atoms with van der Waals surface area (Å²) in [4.78, 5) is 9.84. The van der Waals surface area contributed by atoms with Crippen molar-refractivity contribution in [1.29, 1.82) is 0 Å². The van der Waals surface area contributed by atoms with Gasteiger partial charge in [-0.25, -0.2) is 4.98 Å². The van der Waals surface area contributed by atoms with Crippen LogP contribution < -0.4 is 10.6 Å². The molecule has 0 amide bonds. The zero-order valence-corrected chi connectivity index (χ0v) is 17.3. The Bertz CT molecular complexity index is 493. The third-order valence-corrected chi connectivity index (χ3v) is 4.00. The molecule has 5 nitrogen and oxygen atoms in total. The molecule has 0 atom stereocenters. The molecule has 0 aromatic carbocycles. The molecule has 0 bridgehead atoms. The Morgan fingerprint density at radius 3 is 2.58 bits per heavy atom. The van der Waals surface area contributed by atoms with Crippen molar-refractivity contribution in [3.05, 3.63) is 16.1 Å². The molecule has 140 valence electrons. The summed E-state index contributed by atoms with van der Waals surface area (Å²) in [5, 5.41) is 7.50. The molecule has 0 aliphatic carbocycles. The van der Waals surface area contributed by atoms with Crippen LogP contribution in [0.15, 0.2) is 10.4 Å². The van der Waals surface area contributed by atoms with E-state index in [4.69, 9.17) is 0 Å². The van der Waals surface area contributed by atoms with E-state index in [0.717, 1.165) is 42.6 Å². The lowest BCUT2D eigenvalue weighted by molar-refractivity contribution is -0.140. The van der Waals surface area contributed by atoms with Crippen molar-refractivity contribution in [2.45, 2.75) is 32.5 Å². The van der Waals surface area contributed by atoms with E-state index < -0.39 is 11.9 Å². The molecular formula is C14H25F3IN5S. The van der Waals surface area contributed by atoms with Crippen molar-refractivity contribution in [3.63, 3.8) is 0 Å². The van der Waals surface area contributed by atoms with Crippen molar-refractivity contribution >= 4 is 41.3 Å². The minimum atomic E-state index is -4.39. The largest absolute Gasteiger partial charge is 0.434 e. The third-order valence-electron chi connectivity index (χ3n) is 3.15. The van der Waals surface area contributed by atoms with Gasteiger partial charge in [0.2, 0.25) is 0 Å². The Kier molecular flexibility index (Phi) is 11.5. The smallest absolute Gasteiger partial charge is 0.355 e. The summed E-state index contributed by atoms with van der Waals surface area (Å²) in [6.07, 6.45) is -2.07. The summed E-state index contributed by atoms with van der Waals surface area (Å²) in [6, 6.07) is 0. The second-order valence-electron chi connectivity index (χ2n) is 5.13. The molecule has 0 fully saturated rings. The first kappa shape index (κ1) is 23.4. The number of hydrogen-bond donors (Lipinski definition) is 2. The van der Waals surface area contributed by atoms with Crippen LogP contribution in [0.4, 0.5) is 13.2 Å². The van der Waals surface area contributed by atoms with Crippen LogP contribution in [0.2, 0.25) is 0 Å². The maximum Gasteiger partial charge on any atom is 0.434 e. The van der Waals surface area contributed by atoms with Crippen molar-refractivity contribution in [2.24, 2.45) is 4.99 Å². The van der Waals surface area contributed by atoms with Gasteiger partial charge in [0.05, 0.1) is 6.54 Å². The predicted octanol–water partition coefficient (Wildman–Crippen LogP) is 3.18. The highest BCUT2D eigenvalue weighted by Gasteiger charge is 2.33. The lowest BCUT2D eigenvalue weighted by Crippen LogP contribution is -2.40. The number of likely N-dealkylation sites (N-methyl/N-ethyl adjacent to an activating group) is 1. The van der Waals surface area contributed by atoms with Crippen LogP contribution in [0, 0.1) is 0 Å². The number of nitrogens with one attached hydrogen (secondary N) is 2. The molecule has 2 N–H and O–H groups in total. The highest BCUT2D eigenvalue weighted by atomic mass is 127. The number of aliphatic imine (C=N–C) groups is 1. The molecule has 1 aromatic heterocycles. The van der Waals surface area contributed by atoms with E-state index in [9.17, 15) is 13.2 Å². The zero-order valence-electron chi connectivity index (χ0n) is 14.1. The monoisotopic (exact) mass is 479 g/mol. The maximum absolute atomic E-state index is 12.5. The van der Waals surface area contributed by atoms with Crippen LogP contribution in [0.1, 0.15) is 30.5 Å². The van der Waals surface area contributed by atoms with Gasteiger partial charge in [-0.2, -0.15) is 13.2 Å². The summed E-state index contributed by atoms with van der Waals surface area (Å²) in [7, 11) is 3.68. The molecule has 0 radical (unpaired) electrons. The van der Waals surface area contributed by atoms with Gasteiger partial charge in [0.1, 0.15) is 5.01 Å². The molecule has 0 spiro atoms. The van der Waals surface area contributed by atoms with Crippen molar-refractivity contribution in [1.82, 2.24) is 20.5 Å². The summed E-state index contributed by atoms with van der Waals surface area (Å²) >= 11 is 0.982. The first-order valence-corrected chi connectivity index (χ1v) is 8.39. The maximum atomic E-state index is 12.5. The number of nitrogens with zero attached hydrogens (tertiary/aromatic N) is 3. The molecular weight excluding hydrogens is 454 g/mol. The molecule has 1 heterocycles. The lowest BCUT2D eigenvalue weighted by atomic mass is 10.3. The first-order valence-electron chi connectivity index (χ1n) is 7.51. The quantitative estimate of drug-likeness (QED) is 0.342. The second kappa shape index (κ2) is 11.9. The summed E-state index contributed by atoms with van der Waals surface area (Å²) in [6.45, 7) is 5.00. The second-order valence-corrected chi connectivity index (χ2v) is 6.08. The topological polar surface area (TPSA) is 52.5 Å². The molecule has 0 aliphatic heterocycles. The van der Waals surface area contributed by atoms with Crippen LogP contribution in [-0.2, 0) is 12.7 Å². The Morgan fingerprint density at radius 2 is 2.04 bits per heavy atom. The molecule has 10 heteroatoms. The van der Waals surface area contributed by atoms with Gasteiger partial charge in [-0.1, -0.05) is 13.3 Å². The van der Waals surface area contributed by atoms with Crippen LogP contribution in [0.3, 0.4) is 0 Å². The van der Waals surface area contributed by atoms with Gasteiger partial charge in [-0.15, -0.1) is 35.3 Å². The lowest BCUT2D eigenvalue weighted by Gasteiger charge is -2.17. The molecule has 1 aromatic rings. The first-order chi connectivity index (χ1) is 10.9. The van der Waals surface area contributed by atoms with Gasteiger partial charge in [0.15, 0.2) is 11.7 Å². The number of unbranched alkanes of at least 4 members (excludes halogenated alkanes) is 1. The highest BCUT2D eigenvalue weighted by molar-refractivity contribution is 14.0. The van der Waals surface area contributed by atoms with Gasteiger partial charge < -0.3 is 15.5 Å². The van der Waals surface area contributed by atoms with Gasteiger partial charge in [-0.3, -0.25) is 4.99 Å². The van der Waals surface area contributed by atoms with Crippen LogP contribution in [-0.4, -0.2) is 49.6 Å². The Morgan fingerprint density at radius 1 is 1.33 bits per heavy atom. The minimum absolute atomic E-state index is 0. The van der Waals surface area contributed by atoms with Crippen molar-refractivity contribution in [2.75, 3.05) is 33.7 Å².